The second kappa shape index (κ2) is 11.7. The molecule has 0 bridgehead atoms. The number of nitrogens with zero attached hydrogens (tertiary/aromatic N) is 4. The highest BCUT2D eigenvalue weighted by Crippen LogP contribution is 2.57. The molecule has 0 spiro atoms. The van der Waals surface area contributed by atoms with Crippen LogP contribution < -0.4 is 15.0 Å². The van der Waals surface area contributed by atoms with Crippen molar-refractivity contribution in [2.45, 2.75) is 52.5 Å². The number of nitrogens with one attached hydrogen (secondary N) is 1. The number of carbonyl (C=O) groups excluding carboxylic acids is 1. The molecule has 3 N–H and O–H groups in total. The smallest absolute Gasteiger partial charge is 0.342 e. The third-order valence-electron chi connectivity index (χ3n) is 4.46. The lowest BCUT2D eigenvalue weighted by atomic mass is 10.3. The van der Waals surface area contributed by atoms with E-state index >= 15 is 0 Å². The number of aromatic nitrogens is 4. The molecule has 34 heavy (non-hydrogen) atoms. The fourth-order valence-corrected chi connectivity index (χ4v) is 5.94. The molecule has 11 nitrogen and oxygen atoms in total. The highest BCUT2D eigenvalue weighted by molar-refractivity contribution is 8.55. The number of anilines is 1. The van der Waals surface area contributed by atoms with Crippen LogP contribution in [0.3, 0.4) is 0 Å². The largest absolute Gasteiger partial charge is 0.462 e. The number of hydrogen-bond acceptors (Lipinski definition) is 11. The van der Waals surface area contributed by atoms with Crippen LogP contribution in [0.4, 0.5) is 5.82 Å². The molecule has 3 aromatic rings. The summed E-state index contributed by atoms with van der Waals surface area (Å²) in [6.45, 7) is 3.93. The van der Waals surface area contributed by atoms with Crippen LogP contribution in [0.1, 0.15) is 27.7 Å². The average Bonchev–Trinajstić information content (AvgIpc) is 3.20. The Kier molecular flexibility index (Phi) is 8.90. The van der Waals surface area contributed by atoms with E-state index in [1.807, 2.05) is 13.0 Å². The Morgan fingerprint density at radius 2 is 1.91 bits per heavy atom. The first kappa shape index (κ1) is 26.0. The zero-order chi connectivity index (χ0) is 24.7. The molecule has 2 aromatic heterocycles. The van der Waals surface area contributed by atoms with E-state index in [2.05, 4.69) is 19.7 Å². The van der Waals surface area contributed by atoms with Gasteiger partial charge < -0.3 is 24.3 Å². The van der Waals surface area contributed by atoms with Crippen molar-refractivity contribution < 1.29 is 23.4 Å². The van der Waals surface area contributed by atoms with E-state index < -0.39 is 18.6 Å². The lowest BCUT2D eigenvalue weighted by molar-refractivity contribution is -0.148. The van der Waals surface area contributed by atoms with Gasteiger partial charge in [-0.25, -0.2) is 19.7 Å². The fourth-order valence-electron chi connectivity index (χ4n) is 2.84. The van der Waals surface area contributed by atoms with Crippen LogP contribution in [-0.4, -0.2) is 50.1 Å². The molecule has 0 radical (unpaired) electrons. The van der Waals surface area contributed by atoms with Crippen molar-refractivity contribution in [3.8, 4) is 5.75 Å². The van der Waals surface area contributed by atoms with Crippen molar-refractivity contribution in [3.05, 3.63) is 43.0 Å². The first-order valence-electron chi connectivity index (χ1n) is 10.7. The number of imidazole rings is 1. The average molecular weight is 509 g/mol. The second-order valence-electron chi connectivity index (χ2n) is 7.87. The van der Waals surface area contributed by atoms with Gasteiger partial charge in [0.2, 0.25) is 0 Å². The van der Waals surface area contributed by atoms with Gasteiger partial charge in [0.1, 0.15) is 30.0 Å². The van der Waals surface area contributed by atoms with Crippen molar-refractivity contribution >= 4 is 41.1 Å². The third kappa shape index (κ3) is 7.17. The van der Waals surface area contributed by atoms with Gasteiger partial charge in [0, 0.05) is 11.6 Å². The van der Waals surface area contributed by atoms with Crippen LogP contribution in [0.2, 0.25) is 0 Å². The molecule has 13 heteroatoms. The fraction of sp³-hybridized carbons (Fsp3) is 0.429. The maximum Gasteiger partial charge on any atom is 0.342 e. The molecule has 184 valence electrons. The van der Waals surface area contributed by atoms with Gasteiger partial charge in [-0.05, 0) is 39.8 Å². The molecule has 3 rings (SSSR count). The van der Waals surface area contributed by atoms with E-state index in [9.17, 15) is 9.36 Å². The Labute approximate surface area is 202 Å². The maximum atomic E-state index is 13.6. The molecule has 2 heterocycles. The normalized spacial score (nSPS) is 15.1. The van der Waals surface area contributed by atoms with E-state index in [0.29, 0.717) is 29.3 Å². The van der Waals surface area contributed by atoms with Crippen LogP contribution in [-0.2, 0) is 25.4 Å². The zero-order valence-corrected chi connectivity index (χ0v) is 21.2. The lowest BCUT2D eigenvalue weighted by Gasteiger charge is -2.23. The highest BCUT2D eigenvalue weighted by Gasteiger charge is 2.30. The summed E-state index contributed by atoms with van der Waals surface area (Å²) in [6.07, 6.45) is 2.17. The predicted octanol–water partition coefficient (Wildman–Crippen LogP) is 3.62. The quantitative estimate of drug-likeness (QED) is 0.210. The number of hydrogen-bond donors (Lipinski definition) is 2. The van der Waals surface area contributed by atoms with Gasteiger partial charge >= 0.3 is 12.5 Å². The van der Waals surface area contributed by atoms with Crippen molar-refractivity contribution in [1.82, 2.24) is 24.2 Å². The molecule has 1 unspecified atom stereocenters. The van der Waals surface area contributed by atoms with Gasteiger partial charge in [0.25, 0.3) is 0 Å². The van der Waals surface area contributed by atoms with Gasteiger partial charge in [-0.2, -0.15) is 0 Å². The minimum atomic E-state index is -3.46. The number of carbonyl (C=O) groups is 1. The molecule has 0 fully saturated rings. The Morgan fingerprint density at radius 1 is 1.18 bits per heavy atom. The number of ether oxygens (including phenoxy) is 2. The third-order valence-corrected chi connectivity index (χ3v) is 7.84. The summed E-state index contributed by atoms with van der Waals surface area (Å²) in [4.78, 5) is 24.5. The van der Waals surface area contributed by atoms with Gasteiger partial charge in [-0.3, -0.25) is 9.36 Å². The molecular formula is C21H29N6O5PS. The molecular weight excluding hydrogens is 479 g/mol. The summed E-state index contributed by atoms with van der Waals surface area (Å²) in [6, 6.07) is 8.10. The minimum absolute atomic E-state index is 0.198. The lowest BCUT2D eigenvalue weighted by Crippen LogP contribution is -2.32. The molecule has 0 aliphatic carbocycles. The van der Waals surface area contributed by atoms with Crippen molar-refractivity contribution in [2.75, 3.05) is 12.1 Å². The van der Waals surface area contributed by atoms with Crippen LogP contribution in [0.15, 0.2) is 43.0 Å². The highest BCUT2D eigenvalue weighted by atomic mass is 32.7. The van der Waals surface area contributed by atoms with Gasteiger partial charge in [0.15, 0.2) is 11.5 Å². The summed E-state index contributed by atoms with van der Waals surface area (Å²) in [5.74, 6) is 0.281. The number of fused-ring (bicyclic) bond motifs is 1. The van der Waals surface area contributed by atoms with Crippen LogP contribution in [0.5, 0.6) is 5.75 Å². The van der Waals surface area contributed by atoms with Crippen LogP contribution in [0.25, 0.3) is 11.2 Å². The number of nitrogens with two attached hydrogens (primary N) is 1. The summed E-state index contributed by atoms with van der Waals surface area (Å²) in [7, 11) is 0. The molecule has 0 saturated heterocycles. The number of nitrogen functional groups attached to an aromatic ring is 1. The second-order valence-corrected chi connectivity index (χ2v) is 12.2. The Hall–Kier alpha value is -2.66. The SMILES string of the molecule is CC(C)OC(=O)[C@H](C)NSP(=O)(CO[C@H](C)Cn1cnc2c(N)ncnc21)Oc1ccccc1. The van der Waals surface area contributed by atoms with Gasteiger partial charge in [-0.1, -0.05) is 18.2 Å². The topological polar surface area (TPSA) is 143 Å². The van der Waals surface area contributed by atoms with Crippen LogP contribution >= 0.6 is 18.1 Å². The summed E-state index contributed by atoms with van der Waals surface area (Å²) in [5, 5.41) is 0. The number of esters is 1. The Morgan fingerprint density at radius 3 is 2.62 bits per heavy atom. The number of benzene rings is 1. The standard InChI is InChI=1S/C21H29N6O5PS/c1-14(2)31-21(28)16(4)26-34-33(29,32-17-8-6-5-7-9-17)13-30-15(3)10-27-12-25-18-19(22)23-11-24-20(18)27/h5-9,11-12,14-16,26H,10,13H2,1-4H3,(H2,22,23,24)/t15-,16+,33?/m1/s1. The minimum Gasteiger partial charge on any atom is -0.462 e. The Bertz CT molecular complexity index is 1150. The molecule has 1 aromatic carbocycles. The van der Waals surface area contributed by atoms with E-state index in [4.69, 9.17) is 19.7 Å². The summed E-state index contributed by atoms with van der Waals surface area (Å²) >= 11 is 0.838. The van der Waals surface area contributed by atoms with Crippen molar-refractivity contribution in [3.63, 3.8) is 0 Å². The van der Waals surface area contributed by atoms with Crippen LogP contribution in [0, 0.1) is 0 Å². The van der Waals surface area contributed by atoms with E-state index in [0.717, 1.165) is 11.6 Å². The first-order chi connectivity index (χ1) is 16.2. The molecule has 0 aliphatic rings. The molecule has 0 aliphatic heterocycles. The van der Waals surface area contributed by atoms with Crippen molar-refractivity contribution in [2.24, 2.45) is 0 Å². The first-order valence-corrected chi connectivity index (χ1v) is 13.9. The van der Waals surface area contributed by atoms with E-state index in [1.54, 1.807) is 55.9 Å². The van der Waals surface area contributed by atoms with Gasteiger partial charge in [-0.15, -0.1) is 0 Å². The predicted molar refractivity (Wildman–Crippen MR) is 131 cm³/mol. The van der Waals surface area contributed by atoms with E-state index in [-0.39, 0.29) is 18.6 Å². The van der Waals surface area contributed by atoms with Gasteiger partial charge in [0.05, 0.1) is 25.1 Å². The summed E-state index contributed by atoms with van der Waals surface area (Å²) < 4.78 is 35.2. The maximum absolute atomic E-state index is 13.6. The monoisotopic (exact) mass is 508 g/mol. The molecule has 0 saturated carbocycles. The Balaban J connectivity index is 1.65. The van der Waals surface area contributed by atoms with E-state index in [1.165, 1.54) is 6.33 Å². The number of para-hydroxylation sites is 1. The number of rotatable bonds is 12. The summed E-state index contributed by atoms with van der Waals surface area (Å²) in [5.41, 5.74) is 6.93. The van der Waals surface area contributed by atoms with Crippen molar-refractivity contribution in [1.29, 1.82) is 0 Å². The molecule has 3 atom stereocenters. The zero-order valence-electron chi connectivity index (χ0n) is 19.5. The molecule has 0 amide bonds.